The summed E-state index contributed by atoms with van der Waals surface area (Å²) in [7, 11) is -5.84. The second kappa shape index (κ2) is 5.88. The third kappa shape index (κ3) is 4.80. The first kappa shape index (κ1) is 17.9. The Labute approximate surface area is 112 Å². The Kier molecular flexibility index (Phi) is 5.53. The van der Waals surface area contributed by atoms with Crippen molar-refractivity contribution in [3.63, 3.8) is 0 Å². The highest BCUT2D eigenvalue weighted by Gasteiger charge is 2.44. The predicted octanol–water partition coefficient (Wildman–Crippen LogP) is 2.40. The molecule has 0 saturated heterocycles. The molecule has 0 aliphatic heterocycles. The van der Waals surface area contributed by atoms with Crippen LogP contribution in [0.3, 0.4) is 0 Å². The smallest absolute Gasteiger partial charge is 0.507 e. The predicted molar refractivity (Wildman–Crippen MR) is 64.1 cm³/mol. The van der Waals surface area contributed by atoms with Gasteiger partial charge in [0.1, 0.15) is 11.5 Å². The highest BCUT2D eigenvalue weighted by molar-refractivity contribution is 7.86. The van der Waals surface area contributed by atoms with Crippen molar-refractivity contribution in [2.75, 3.05) is 0 Å². The zero-order valence-electron chi connectivity index (χ0n) is 9.72. The van der Waals surface area contributed by atoms with E-state index in [2.05, 4.69) is 12.6 Å². The van der Waals surface area contributed by atoms with Gasteiger partial charge >= 0.3 is 15.6 Å². The van der Waals surface area contributed by atoms with Crippen LogP contribution in [0, 0.1) is 13.8 Å². The van der Waals surface area contributed by atoms with Crippen molar-refractivity contribution in [1.82, 2.24) is 0 Å². The molecule has 0 amide bonds. The Bertz CT molecular complexity index is 540. The molecule has 10 heteroatoms. The van der Waals surface area contributed by atoms with Gasteiger partial charge in [0, 0.05) is 10.5 Å². The zero-order chi connectivity index (χ0) is 15.6. The lowest BCUT2D eigenvalue weighted by Crippen LogP contribution is -2.21. The summed E-state index contributed by atoms with van der Waals surface area (Å²) in [4.78, 5) is 0.498. The lowest BCUT2D eigenvalue weighted by atomic mass is 10.1. The van der Waals surface area contributed by atoms with Crippen molar-refractivity contribution in [2.24, 2.45) is 0 Å². The van der Waals surface area contributed by atoms with Crippen LogP contribution >= 0.6 is 12.6 Å². The average molecular weight is 320 g/mol. The molecule has 0 radical (unpaired) electrons. The molecule has 0 aliphatic carbocycles. The molecule has 0 heterocycles. The van der Waals surface area contributed by atoms with E-state index in [-0.39, 0.29) is 11.5 Å². The molecule has 0 bridgehead atoms. The van der Waals surface area contributed by atoms with E-state index < -0.39 is 15.6 Å². The molecule has 0 unspecified atom stereocenters. The SMILES string of the molecule is Cc1cc(S)c(O)c(C)c1O.O=S(=O)(O)C(F)(F)F. The molecule has 1 rings (SSSR count). The minimum absolute atomic E-state index is 0.0523. The number of aryl methyl sites for hydroxylation is 1. The van der Waals surface area contributed by atoms with E-state index in [1.807, 2.05) is 0 Å². The van der Waals surface area contributed by atoms with Gasteiger partial charge in [0.25, 0.3) is 0 Å². The van der Waals surface area contributed by atoms with E-state index in [0.29, 0.717) is 10.5 Å². The van der Waals surface area contributed by atoms with Gasteiger partial charge in [0.05, 0.1) is 0 Å². The maximum Gasteiger partial charge on any atom is 0.522 e. The molecule has 19 heavy (non-hydrogen) atoms. The van der Waals surface area contributed by atoms with Gasteiger partial charge in [-0.05, 0) is 25.5 Å². The standard InChI is InChI=1S/C8H10O2S.CHF3O3S/c1-4-3-6(11)8(10)5(2)7(4)9;2-1(3,4)8(5,6)7/h3,9-11H,1-2H3;(H,5,6,7). The molecule has 0 spiro atoms. The van der Waals surface area contributed by atoms with Gasteiger partial charge in [-0.3, -0.25) is 4.55 Å². The third-order valence-electron chi connectivity index (χ3n) is 1.97. The van der Waals surface area contributed by atoms with Gasteiger partial charge < -0.3 is 10.2 Å². The van der Waals surface area contributed by atoms with Crippen molar-refractivity contribution in [1.29, 1.82) is 0 Å². The molecule has 0 aliphatic rings. The maximum absolute atomic E-state index is 10.7. The minimum Gasteiger partial charge on any atom is -0.507 e. The Balaban J connectivity index is 0.000000362. The highest BCUT2D eigenvalue weighted by atomic mass is 32.2. The monoisotopic (exact) mass is 320 g/mol. The van der Waals surface area contributed by atoms with Gasteiger partial charge in [-0.15, -0.1) is 12.6 Å². The molecular formula is C9H11F3O5S2. The fraction of sp³-hybridized carbons (Fsp3) is 0.333. The van der Waals surface area contributed by atoms with Crippen molar-refractivity contribution in [2.45, 2.75) is 24.3 Å². The summed E-state index contributed by atoms with van der Waals surface area (Å²) >= 11 is 4.02. The fourth-order valence-electron chi connectivity index (χ4n) is 0.942. The Morgan fingerprint density at radius 2 is 1.53 bits per heavy atom. The number of halogens is 3. The van der Waals surface area contributed by atoms with Crippen molar-refractivity contribution in [3.8, 4) is 11.5 Å². The van der Waals surface area contributed by atoms with E-state index in [0.717, 1.165) is 5.56 Å². The van der Waals surface area contributed by atoms with E-state index in [1.165, 1.54) is 0 Å². The molecule has 0 aromatic heterocycles. The molecule has 1 aromatic rings. The Morgan fingerprint density at radius 1 is 1.16 bits per heavy atom. The maximum atomic E-state index is 10.7. The van der Waals surface area contributed by atoms with Crippen LogP contribution in [-0.4, -0.2) is 28.7 Å². The summed E-state index contributed by atoms with van der Waals surface area (Å²) in [5, 5.41) is 18.6. The summed E-state index contributed by atoms with van der Waals surface area (Å²) in [6.45, 7) is 3.42. The molecule has 0 saturated carbocycles. The topological polar surface area (TPSA) is 94.8 Å². The number of aromatic hydroxyl groups is 2. The number of phenols is 2. The summed E-state index contributed by atoms with van der Waals surface area (Å²) < 4.78 is 57.5. The first-order valence-corrected chi connectivity index (χ1v) is 6.42. The van der Waals surface area contributed by atoms with E-state index in [4.69, 9.17) is 13.0 Å². The zero-order valence-corrected chi connectivity index (χ0v) is 11.4. The molecule has 0 atom stereocenters. The van der Waals surface area contributed by atoms with Gasteiger partial charge in [0.2, 0.25) is 0 Å². The van der Waals surface area contributed by atoms with Crippen molar-refractivity contribution >= 4 is 22.7 Å². The number of benzene rings is 1. The summed E-state index contributed by atoms with van der Waals surface area (Å²) in [5.41, 5.74) is -4.33. The van der Waals surface area contributed by atoms with Crippen LogP contribution in [0.25, 0.3) is 0 Å². The quantitative estimate of drug-likeness (QED) is 0.334. The van der Waals surface area contributed by atoms with E-state index in [1.54, 1.807) is 19.9 Å². The molecule has 3 N–H and O–H groups in total. The first-order chi connectivity index (χ1) is 8.29. The largest absolute Gasteiger partial charge is 0.522 e. The van der Waals surface area contributed by atoms with Crippen molar-refractivity contribution < 1.29 is 36.4 Å². The molecular weight excluding hydrogens is 309 g/mol. The normalized spacial score (nSPS) is 11.7. The number of rotatable bonds is 0. The lowest BCUT2D eigenvalue weighted by Gasteiger charge is -2.06. The van der Waals surface area contributed by atoms with Crippen LogP contribution in [0.2, 0.25) is 0 Å². The lowest BCUT2D eigenvalue weighted by molar-refractivity contribution is -0.0510. The fourth-order valence-corrected chi connectivity index (χ4v) is 1.30. The number of alkyl halides is 3. The van der Waals surface area contributed by atoms with Gasteiger partial charge in [-0.25, -0.2) is 0 Å². The number of hydrogen-bond acceptors (Lipinski definition) is 5. The van der Waals surface area contributed by atoms with Gasteiger partial charge in [0.15, 0.2) is 0 Å². The summed E-state index contributed by atoms with van der Waals surface area (Å²) in [5.74, 6) is 0.191. The number of phenolic OH excluding ortho intramolecular Hbond substituents is 2. The first-order valence-electron chi connectivity index (χ1n) is 4.54. The minimum atomic E-state index is -5.84. The summed E-state index contributed by atoms with van der Waals surface area (Å²) in [6.07, 6.45) is 0. The van der Waals surface area contributed by atoms with E-state index >= 15 is 0 Å². The summed E-state index contributed by atoms with van der Waals surface area (Å²) in [6, 6.07) is 1.63. The van der Waals surface area contributed by atoms with Crippen LogP contribution in [0.1, 0.15) is 11.1 Å². The van der Waals surface area contributed by atoms with Gasteiger partial charge in [-0.2, -0.15) is 21.6 Å². The molecule has 110 valence electrons. The number of thiol groups is 1. The van der Waals surface area contributed by atoms with Gasteiger partial charge in [-0.1, -0.05) is 0 Å². The second-order valence-corrected chi connectivity index (χ2v) is 5.35. The Hall–Kier alpha value is -1.13. The average Bonchev–Trinajstić information content (AvgIpc) is 2.22. The highest BCUT2D eigenvalue weighted by Crippen LogP contribution is 2.34. The van der Waals surface area contributed by atoms with Crippen LogP contribution in [0.4, 0.5) is 13.2 Å². The molecule has 5 nitrogen and oxygen atoms in total. The van der Waals surface area contributed by atoms with Crippen LogP contribution in [0.15, 0.2) is 11.0 Å². The van der Waals surface area contributed by atoms with Crippen LogP contribution in [0.5, 0.6) is 11.5 Å². The second-order valence-electron chi connectivity index (χ2n) is 3.46. The van der Waals surface area contributed by atoms with Crippen LogP contribution in [-0.2, 0) is 10.1 Å². The third-order valence-corrected chi connectivity index (χ3v) is 2.90. The molecule has 0 fully saturated rings. The van der Waals surface area contributed by atoms with E-state index in [9.17, 15) is 23.4 Å². The van der Waals surface area contributed by atoms with Crippen LogP contribution < -0.4 is 0 Å². The molecule has 1 aromatic carbocycles. The van der Waals surface area contributed by atoms with Crippen molar-refractivity contribution in [3.05, 3.63) is 17.2 Å². The Morgan fingerprint density at radius 3 is 1.84 bits per heavy atom. The number of hydrogen-bond donors (Lipinski definition) is 4.